The number of benzene rings is 1. The Morgan fingerprint density at radius 2 is 1.57 bits per heavy atom. The minimum absolute atomic E-state index is 0.0632. The number of ether oxygens (including phenoxy) is 1. The van der Waals surface area contributed by atoms with Crippen molar-refractivity contribution >= 4 is 57.1 Å². The maximum Gasteiger partial charge on any atom is 0.490 e. The number of aromatic hydroxyl groups is 1. The number of alkyl halides is 5. The van der Waals surface area contributed by atoms with Crippen LogP contribution in [0.15, 0.2) is 12.1 Å². The van der Waals surface area contributed by atoms with Crippen LogP contribution in [0.25, 0.3) is 0 Å². The van der Waals surface area contributed by atoms with Gasteiger partial charge in [0.2, 0.25) is 0 Å². The van der Waals surface area contributed by atoms with Gasteiger partial charge in [0.1, 0.15) is 11.7 Å². The summed E-state index contributed by atoms with van der Waals surface area (Å²) < 4.78 is 67.4. The molecule has 0 aliphatic rings. The number of hydrogen-bond acceptors (Lipinski definition) is 5. The number of hydrogen-bond donors (Lipinski definition) is 1. The van der Waals surface area contributed by atoms with Gasteiger partial charge in [-0.25, -0.2) is 4.79 Å². The van der Waals surface area contributed by atoms with Gasteiger partial charge >= 0.3 is 18.1 Å². The molecule has 1 atom stereocenters. The Hall–Kier alpha value is -0.930. The lowest BCUT2D eigenvalue weighted by Gasteiger charge is -2.28. The second-order valence-electron chi connectivity index (χ2n) is 4.03. The van der Waals surface area contributed by atoms with Crippen molar-refractivity contribution < 1.29 is 46.5 Å². The quantitative estimate of drug-likeness (QED) is 0.344. The average Bonchev–Trinajstić information content (AvgIpc) is 2.39. The highest BCUT2D eigenvalue weighted by molar-refractivity contribution is 14.1. The molecule has 1 rings (SSSR count). The fourth-order valence-electron chi connectivity index (χ4n) is 1.37. The molecule has 0 radical (unpaired) electrons. The van der Waals surface area contributed by atoms with Crippen molar-refractivity contribution in [2.45, 2.75) is 18.2 Å². The van der Waals surface area contributed by atoms with Gasteiger partial charge < -0.3 is 19.7 Å². The molecule has 23 heavy (non-hydrogen) atoms. The van der Waals surface area contributed by atoms with Gasteiger partial charge in [-0.1, -0.05) is 0 Å². The largest absolute Gasteiger partial charge is 0.544 e. The van der Waals surface area contributed by atoms with Crippen LogP contribution in [0.2, 0.25) is 0 Å². The molecular weight excluding hydrogens is 561 g/mol. The van der Waals surface area contributed by atoms with Crippen LogP contribution >= 0.6 is 45.2 Å². The van der Waals surface area contributed by atoms with Gasteiger partial charge in [-0.05, 0) is 57.3 Å². The van der Waals surface area contributed by atoms with Crippen molar-refractivity contribution in [3.63, 3.8) is 0 Å². The van der Waals surface area contributed by atoms with Crippen LogP contribution in [-0.4, -0.2) is 29.1 Å². The van der Waals surface area contributed by atoms with Crippen LogP contribution in [0.1, 0.15) is 11.7 Å². The fraction of sp³-hybridized carbons (Fsp3) is 0.273. The Bertz CT molecular complexity index is 623. The van der Waals surface area contributed by atoms with Crippen LogP contribution in [0.3, 0.4) is 0 Å². The molecule has 0 aromatic heterocycles. The highest BCUT2D eigenvalue weighted by Crippen LogP contribution is 2.39. The van der Waals surface area contributed by atoms with Crippen LogP contribution in [-0.2, 0) is 14.3 Å². The van der Waals surface area contributed by atoms with E-state index in [-0.39, 0.29) is 12.9 Å². The number of carboxylic acid groups (broad SMARTS) is 1. The molecule has 0 spiro atoms. The normalized spacial score (nSPS) is 13.5. The minimum atomic E-state index is -5.60. The molecule has 0 saturated heterocycles. The second kappa shape index (κ2) is 6.90. The third-order valence-corrected chi connectivity index (χ3v) is 4.04. The van der Waals surface area contributed by atoms with Crippen LogP contribution in [0.5, 0.6) is 5.75 Å². The predicted octanol–water partition coefficient (Wildman–Crippen LogP) is 2.13. The molecule has 0 aliphatic heterocycles. The summed E-state index contributed by atoms with van der Waals surface area (Å²) in [6, 6.07) is 1.53. The molecule has 0 saturated carbocycles. The SMILES string of the molecule is O=C(OC(c1cc(I)c(O)c(I)c1)C(F)(F)C(=O)[O-])C(F)(F)F. The lowest BCUT2D eigenvalue weighted by Crippen LogP contribution is -2.48. The molecule has 1 aromatic rings. The van der Waals surface area contributed by atoms with E-state index in [9.17, 15) is 41.8 Å². The Labute approximate surface area is 152 Å². The van der Waals surface area contributed by atoms with Crippen molar-refractivity contribution in [3.05, 3.63) is 24.8 Å². The zero-order valence-electron chi connectivity index (χ0n) is 10.5. The molecular formula is C11H4F5I2O5-. The Kier molecular flexibility index (Phi) is 6.04. The van der Waals surface area contributed by atoms with Gasteiger partial charge in [0.25, 0.3) is 0 Å². The maximum atomic E-state index is 13.6. The summed E-state index contributed by atoms with van der Waals surface area (Å²) in [6.07, 6.45) is -8.68. The van der Waals surface area contributed by atoms with Crippen LogP contribution in [0, 0.1) is 7.14 Å². The third-order valence-electron chi connectivity index (χ3n) is 2.40. The fourth-order valence-corrected chi connectivity index (χ4v) is 3.19. The first-order valence-corrected chi connectivity index (χ1v) is 7.49. The zero-order valence-corrected chi connectivity index (χ0v) is 14.8. The zero-order chi connectivity index (χ0) is 18.2. The first-order chi connectivity index (χ1) is 10.3. The number of phenolic OH excluding ortho intramolecular Hbond substituents is 1. The third kappa shape index (κ3) is 4.54. The predicted molar refractivity (Wildman–Crippen MR) is 78.4 cm³/mol. The van der Waals surface area contributed by atoms with Gasteiger partial charge in [-0.2, -0.15) is 22.0 Å². The molecule has 1 aromatic carbocycles. The van der Waals surface area contributed by atoms with Crippen molar-refractivity contribution in [1.82, 2.24) is 0 Å². The number of esters is 1. The van der Waals surface area contributed by atoms with Crippen LogP contribution < -0.4 is 5.11 Å². The second-order valence-corrected chi connectivity index (χ2v) is 6.35. The highest BCUT2D eigenvalue weighted by Gasteiger charge is 2.50. The topological polar surface area (TPSA) is 86.7 Å². The molecule has 0 fully saturated rings. The van der Waals surface area contributed by atoms with Crippen molar-refractivity contribution in [2.75, 3.05) is 0 Å². The van der Waals surface area contributed by atoms with E-state index in [1.807, 2.05) is 0 Å². The number of halogens is 7. The average molecular weight is 565 g/mol. The maximum absolute atomic E-state index is 13.6. The summed E-state index contributed by atoms with van der Waals surface area (Å²) >= 11 is 2.96. The van der Waals surface area contributed by atoms with E-state index < -0.39 is 35.7 Å². The molecule has 5 nitrogen and oxygen atoms in total. The number of phenols is 1. The monoisotopic (exact) mass is 565 g/mol. The van der Waals surface area contributed by atoms with E-state index in [0.717, 1.165) is 12.1 Å². The van der Waals surface area contributed by atoms with Crippen molar-refractivity contribution in [2.24, 2.45) is 0 Å². The molecule has 0 amide bonds. The Morgan fingerprint density at radius 1 is 1.13 bits per heavy atom. The van der Waals surface area contributed by atoms with Gasteiger partial charge in [0.15, 0.2) is 6.10 Å². The van der Waals surface area contributed by atoms with E-state index in [2.05, 4.69) is 4.74 Å². The van der Waals surface area contributed by atoms with E-state index >= 15 is 0 Å². The lowest BCUT2D eigenvalue weighted by atomic mass is 10.0. The molecule has 12 heteroatoms. The van der Waals surface area contributed by atoms with Gasteiger partial charge in [-0.3, -0.25) is 0 Å². The number of rotatable bonds is 4. The Morgan fingerprint density at radius 3 is 1.91 bits per heavy atom. The number of aliphatic carboxylic acids is 1. The molecule has 1 N–H and O–H groups in total. The first-order valence-electron chi connectivity index (χ1n) is 5.33. The molecule has 128 valence electrons. The highest BCUT2D eigenvalue weighted by atomic mass is 127. The van der Waals surface area contributed by atoms with E-state index in [4.69, 9.17) is 0 Å². The van der Waals surface area contributed by atoms with E-state index in [1.165, 1.54) is 45.2 Å². The number of carbonyl (C=O) groups is 2. The van der Waals surface area contributed by atoms with Crippen molar-refractivity contribution in [1.29, 1.82) is 0 Å². The summed E-state index contributed by atoms with van der Waals surface area (Å²) in [5.74, 6) is -11.3. The minimum Gasteiger partial charge on any atom is -0.544 e. The molecule has 0 aliphatic carbocycles. The van der Waals surface area contributed by atoms with Gasteiger partial charge in [-0.15, -0.1) is 0 Å². The summed E-state index contributed by atoms with van der Waals surface area (Å²) in [5, 5.41) is 20.0. The van der Waals surface area contributed by atoms with Crippen molar-refractivity contribution in [3.8, 4) is 5.75 Å². The lowest BCUT2D eigenvalue weighted by molar-refractivity contribution is -0.337. The smallest absolute Gasteiger partial charge is 0.490 e. The molecule has 0 heterocycles. The summed E-state index contributed by atoms with van der Waals surface area (Å²) in [6.45, 7) is 0. The molecule has 1 unspecified atom stereocenters. The standard InChI is InChI=1S/C11H5F5I2O5/c12-10(13,8(20)21)7(23-9(22)11(14,15)16)3-1-4(17)6(19)5(18)2-3/h1-2,7,19H,(H,20,21)/p-1. The first kappa shape index (κ1) is 20.1. The summed E-state index contributed by atoms with van der Waals surface area (Å²) in [5.41, 5.74) is -0.747. The Balaban J connectivity index is 3.42. The van der Waals surface area contributed by atoms with E-state index in [0.29, 0.717) is 0 Å². The molecule has 0 bridgehead atoms. The number of carbonyl (C=O) groups excluding carboxylic acids is 2. The van der Waals surface area contributed by atoms with Gasteiger partial charge in [0, 0.05) is 5.56 Å². The number of carboxylic acids is 1. The van der Waals surface area contributed by atoms with E-state index in [1.54, 1.807) is 0 Å². The van der Waals surface area contributed by atoms with Gasteiger partial charge in [0.05, 0.1) is 7.14 Å². The summed E-state index contributed by atoms with van der Waals surface area (Å²) in [7, 11) is 0. The summed E-state index contributed by atoms with van der Waals surface area (Å²) in [4.78, 5) is 21.3. The van der Waals surface area contributed by atoms with Crippen LogP contribution in [0.4, 0.5) is 22.0 Å².